The van der Waals surface area contributed by atoms with Crippen LogP contribution in [0.1, 0.15) is 68.9 Å². The number of urea groups is 1. The number of carbonyl (C=O) groups excluding carboxylic acids is 2. The van der Waals surface area contributed by atoms with E-state index in [1.807, 2.05) is 4.90 Å². The van der Waals surface area contributed by atoms with Crippen LogP contribution in [-0.4, -0.2) is 66.0 Å². The Kier molecular flexibility index (Phi) is 8.21. The second-order valence-corrected chi connectivity index (χ2v) is 9.86. The molecule has 1 saturated carbocycles. The fourth-order valence-corrected chi connectivity index (χ4v) is 5.58. The van der Waals surface area contributed by atoms with Crippen LogP contribution in [0.25, 0.3) is 0 Å². The number of aliphatic imine (C=N–C) groups is 1. The highest BCUT2D eigenvalue weighted by Crippen LogP contribution is 2.36. The van der Waals surface area contributed by atoms with Crippen molar-refractivity contribution in [1.82, 2.24) is 15.1 Å². The number of hydrogen-bond donors (Lipinski definition) is 2. The molecular weight excluding hydrogens is 430 g/mol. The number of methoxy groups -OCH3 is 1. The average Bonchev–Trinajstić information content (AvgIpc) is 3.11. The predicted molar refractivity (Wildman–Crippen MR) is 132 cm³/mol. The van der Waals surface area contributed by atoms with Crippen LogP contribution < -0.4 is 11.1 Å². The van der Waals surface area contributed by atoms with Crippen LogP contribution in [0.2, 0.25) is 0 Å². The number of hydrogen-bond acceptors (Lipinski definition) is 6. The summed E-state index contributed by atoms with van der Waals surface area (Å²) in [5.41, 5.74) is 7.75. The molecule has 1 spiro atoms. The zero-order valence-corrected chi connectivity index (χ0v) is 20.4. The SMILES string of the molecule is COC(=O)CCCN1C(=O)NC(=NC2CCCCC2)C12CCN(Cc1ccc(CN)cc1)CC2. The number of likely N-dealkylation sites (tertiary alicyclic amines) is 1. The van der Waals surface area contributed by atoms with Gasteiger partial charge in [0.15, 0.2) is 0 Å². The van der Waals surface area contributed by atoms with Crippen molar-refractivity contribution in [2.75, 3.05) is 26.7 Å². The number of benzene rings is 1. The molecule has 4 rings (SSSR count). The molecule has 8 nitrogen and oxygen atoms in total. The first-order chi connectivity index (χ1) is 16.5. The van der Waals surface area contributed by atoms with Crippen molar-refractivity contribution in [2.45, 2.75) is 82.5 Å². The van der Waals surface area contributed by atoms with Crippen molar-refractivity contribution in [3.8, 4) is 0 Å². The van der Waals surface area contributed by atoms with Gasteiger partial charge in [-0.2, -0.15) is 0 Å². The molecule has 3 fully saturated rings. The zero-order chi connectivity index (χ0) is 24.0. The molecule has 0 bridgehead atoms. The highest BCUT2D eigenvalue weighted by Gasteiger charge is 2.52. The van der Waals surface area contributed by atoms with Crippen molar-refractivity contribution in [3.63, 3.8) is 0 Å². The number of ether oxygens (including phenoxy) is 1. The topological polar surface area (TPSA) is 100 Å². The Morgan fingerprint density at radius 1 is 1.15 bits per heavy atom. The van der Waals surface area contributed by atoms with Gasteiger partial charge in [-0.05, 0) is 43.2 Å². The molecule has 3 N–H and O–H groups in total. The van der Waals surface area contributed by atoms with E-state index in [1.54, 1.807) is 0 Å². The van der Waals surface area contributed by atoms with Crippen LogP contribution in [0, 0.1) is 0 Å². The number of nitrogens with one attached hydrogen (secondary N) is 1. The Morgan fingerprint density at radius 3 is 2.47 bits per heavy atom. The van der Waals surface area contributed by atoms with Gasteiger partial charge in [-0.3, -0.25) is 20.0 Å². The third-order valence-corrected chi connectivity index (χ3v) is 7.65. The molecule has 0 radical (unpaired) electrons. The Balaban J connectivity index is 1.47. The monoisotopic (exact) mass is 469 g/mol. The Bertz CT molecular complexity index is 871. The van der Waals surface area contributed by atoms with E-state index in [-0.39, 0.29) is 12.0 Å². The molecule has 1 aromatic rings. The van der Waals surface area contributed by atoms with Gasteiger partial charge in [-0.15, -0.1) is 0 Å². The summed E-state index contributed by atoms with van der Waals surface area (Å²) >= 11 is 0. The quantitative estimate of drug-likeness (QED) is 0.570. The lowest BCUT2D eigenvalue weighted by molar-refractivity contribution is -0.140. The van der Waals surface area contributed by atoms with E-state index in [0.29, 0.717) is 32.0 Å². The molecule has 0 aromatic heterocycles. The van der Waals surface area contributed by atoms with Gasteiger partial charge in [0.2, 0.25) is 0 Å². The van der Waals surface area contributed by atoms with Crippen LogP contribution >= 0.6 is 0 Å². The minimum atomic E-state index is -0.398. The lowest BCUT2D eigenvalue weighted by atomic mass is 9.84. The summed E-state index contributed by atoms with van der Waals surface area (Å²) in [7, 11) is 1.40. The number of nitrogens with zero attached hydrogens (tertiary/aromatic N) is 3. The second kappa shape index (κ2) is 11.3. The fraction of sp³-hybridized carbons (Fsp3) is 0.654. The van der Waals surface area contributed by atoms with Gasteiger partial charge in [-0.25, -0.2) is 4.79 Å². The standard InChI is InChI=1S/C26H39N5O3/c1-34-23(32)8-5-15-31-25(33)29-24(28-22-6-3-2-4-7-22)26(31)13-16-30(17-14-26)19-21-11-9-20(18-27)10-12-21/h9-12,22H,2-8,13-19,27H2,1H3,(H,28,29,33). The third kappa shape index (κ3) is 5.61. The van der Waals surface area contributed by atoms with E-state index in [0.717, 1.165) is 56.7 Å². The van der Waals surface area contributed by atoms with Crippen molar-refractivity contribution in [2.24, 2.45) is 10.7 Å². The van der Waals surface area contributed by atoms with E-state index in [4.69, 9.17) is 15.5 Å². The van der Waals surface area contributed by atoms with Crippen LogP contribution in [0.3, 0.4) is 0 Å². The smallest absolute Gasteiger partial charge is 0.323 e. The molecule has 8 heteroatoms. The molecule has 2 saturated heterocycles. The molecular formula is C26H39N5O3. The molecule has 2 aliphatic heterocycles. The van der Waals surface area contributed by atoms with Gasteiger partial charge < -0.3 is 15.4 Å². The highest BCUT2D eigenvalue weighted by molar-refractivity contribution is 6.10. The lowest BCUT2D eigenvalue weighted by Gasteiger charge is -2.44. The average molecular weight is 470 g/mol. The Labute approximate surface area is 202 Å². The summed E-state index contributed by atoms with van der Waals surface area (Å²) in [6.45, 7) is 3.77. The molecule has 2 heterocycles. The molecule has 34 heavy (non-hydrogen) atoms. The minimum Gasteiger partial charge on any atom is -0.469 e. The van der Waals surface area contributed by atoms with E-state index < -0.39 is 5.54 Å². The number of amides is 2. The van der Waals surface area contributed by atoms with Crippen LogP contribution in [-0.2, 0) is 22.6 Å². The summed E-state index contributed by atoms with van der Waals surface area (Å²) in [6.07, 6.45) is 8.49. The number of piperidine rings is 1. The molecule has 1 aliphatic carbocycles. The number of rotatable bonds is 8. The maximum Gasteiger partial charge on any atom is 0.323 e. The van der Waals surface area contributed by atoms with Crippen LogP contribution in [0.5, 0.6) is 0 Å². The maximum absolute atomic E-state index is 13.1. The van der Waals surface area contributed by atoms with Gasteiger partial charge in [-0.1, -0.05) is 43.5 Å². The van der Waals surface area contributed by atoms with E-state index in [1.165, 1.54) is 31.9 Å². The maximum atomic E-state index is 13.1. The van der Waals surface area contributed by atoms with Gasteiger partial charge in [0, 0.05) is 39.1 Å². The van der Waals surface area contributed by atoms with E-state index >= 15 is 0 Å². The molecule has 1 aromatic carbocycles. The Hall–Kier alpha value is -2.45. The first-order valence-electron chi connectivity index (χ1n) is 12.8. The molecule has 2 amide bonds. The summed E-state index contributed by atoms with van der Waals surface area (Å²) in [5, 5.41) is 3.13. The lowest BCUT2D eigenvalue weighted by Crippen LogP contribution is -2.56. The highest BCUT2D eigenvalue weighted by atomic mass is 16.5. The number of nitrogens with two attached hydrogens (primary N) is 1. The summed E-state index contributed by atoms with van der Waals surface area (Å²) in [6, 6.07) is 8.72. The second-order valence-electron chi connectivity index (χ2n) is 9.86. The number of esters is 1. The third-order valence-electron chi connectivity index (χ3n) is 7.65. The Morgan fingerprint density at radius 2 is 1.82 bits per heavy atom. The van der Waals surface area contributed by atoms with Gasteiger partial charge in [0.05, 0.1) is 13.2 Å². The van der Waals surface area contributed by atoms with E-state index in [9.17, 15) is 9.59 Å². The minimum absolute atomic E-state index is 0.0785. The fourth-order valence-electron chi connectivity index (χ4n) is 5.58. The number of carbonyl (C=O) groups is 2. The largest absolute Gasteiger partial charge is 0.469 e. The van der Waals surface area contributed by atoms with Gasteiger partial charge in [0.1, 0.15) is 11.4 Å². The first kappa shape index (κ1) is 24.7. The van der Waals surface area contributed by atoms with E-state index in [2.05, 4.69) is 34.5 Å². The van der Waals surface area contributed by atoms with Crippen LogP contribution in [0.4, 0.5) is 4.79 Å². The first-order valence-corrected chi connectivity index (χ1v) is 12.8. The summed E-state index contributed by atoms with van der Waals surface area (Å²) < 4.78 is 4.79. The van der Waals surface area contributed by atoms with Gasteiger partial charge >= 0.3 is 12.0 Å². The molecule has 0 atom stereocenters. The van der Waals surface area contributed by atoms with Crippen molar-refractivity contribution < 1.29 is 14.3 Å². The molecule has 3 aliphatic rings. The van der Waals surface area contributed by atoms with Crippen molar-refractivity contribution >= 4 is 17.8 Å². The summed E-state index contributed by atoms with van der Waals surface area (Å²) in [4.78, 5) is 34.2. The number of amidine groups is 1. The molecule has 186 valence electrons. The van der Waals surface area contributed by atoms with Crippen molar-refractivity contribution in [3.05, 3.63) is 35.4 Å². The predicted octanol–water partition coefficient (Wildman–Crippen LogP) is 3.19. The van der Waals surface area contributed by atoms with Crippen LogP contribution in [0.15, 0.2) is 29.3 Å². The van der Waals surface area contributed by atoms with Crippen molar-refractivity contribution in [1.29, 1.82) is 0 Å². The summed E-state index contributed by atoms with van der Waals surface area (Å²) in [5.74, 6) is 0.620. The normalized spacial score (nSPS) is 22.4. The van der Waals surface area contributed by atoms with Gasteiger partial charge in [0.25, 0.3) is 0 Å². The zero-order valence-electron chi connectivity index (χ0n) is 20.4. The molecule has 0 unspecified atom stereocenters.